The number of nitrogens with one attached hydrogen (secondary N) is 2. The standard InChI is InChI=1S/C18H27F2N5O3S/c1-12(2)17(26)5-7-23-29(27,28)14-9-15(19)18(16(20)10-14)21-6-4-8-25-11-22-24-13(25)3/h9-12,17,21,23,26H,4-8H2,1-3H3. The van der Waals surface area contributed by atoms with Gasteiger partial charge in [-0.25, -0.2) is 21.9 Å². The van der Waals surface area contributed by atoms with Gasteiger partial charge in [-0.15, -0.1) is 10.2 Å². The summed E-state index contributed by atoms with van der Waals surface area (Å²) in [4.78, 5) is -0.503. The number of sulfonamides is 1. The summed E-state index contributed by atoms with van der Waals surface area (Å²) in [6, 6.07) is 1.55. The van der Waals surface area contributed by atoms with Gasteiger partial charge in [0.15, 0.2) is 11.6 Å². The minimum Gasteiger partial charge on any atom is -0.393 e. The zero-order valence-electron chi connectivity index (χ0n) is 16.7. The minimum atomic E-state index is -4.09. The maximum atomic E-state index is 14.3. The van der Waals surface area contributed by atoms with Gasteiger partial charge in [0.05, 0.1) is 11.0 Å². The highest BCUT2D eigenvalue weighted by atomic mass is 32.2. The number of aryl methyl sites for hydroxylation is 2. The quantitative estimate of drug-likeness (QED) is 0.470. The second kappa shape index (κ2) is 10.1. The first-order valence-electron chi connectivity index (χ1n) is 9.37. The van der Waals surface area contributed by atoms with Crippen molar-refractivity contribution in [2.75, 3.05) is 18.4 Å². The Balaban J connectivity index is 1.95. The third-order valence-electron chi connectivity index (χ3n) is 4.51. The summed E-state index contributed by atoms with van der Waals surface area (Å²) in [5.74, 6) is -1.26. The first kappa shape index (κ1) is 23.2. The van der Waals surface area contributed by atoms with Gasteiger partial charge in [-0.2, -0.15) is 0 Å². The Hall–Kier alpha value is -2.11. The van der Waals surface area contributed by atoms with Crippen molar-refractivity contribution >= 4 is 15.7 Å². The molecule has 3 N–H and O–H groups in total. The van der Waals surface area contributed by atoms with Gasteiger partial charge in [-0.1, -0.05) is 13.8 Å². The molecule has 11 heteroatoms. The average Bonchev–Trinajstić information content (AvgIpc) is 3.04. The van der Waals surface area contributed by atoms with E-state index in [9.17, 15) is 22.3 Å². The fraction of sp³-hybridized carbons (Fsp3) is 0.556. The van der Waals surface area contributed by atoms with E-state index >= 15 is 0 Å². The van der Waals surface area contributed by atoms with Crippen molar-refractivity contribution in [3.8, 4) is 0 Å². The number of hydrogen-bond acceptors (Lipinski definition) is 6. The van der Waals surface area contributed by atoms with E-state index in [1.165, 1.54) is 0 Å². The smallest absolute Gasteiger partial charge is 0.240 e. The summed E-state index contributed by atoms with van der Waals surface area (Å²) in [6.45, 7) is 6.24. The van der Waals surface area contributed by atoms with Crippen LogP contribution in [0.3, 0.4) is 0 Å². The van der Waals surface area contributed by atoms with Crippen LogP contribution in [-0.4, -0.2) is 47.5 Å². The summed E-state index contributed by atoms with van der Waals surface area (Å²) < 4.78 is 57.2. The normalized spacial score (nSPS) is 13.1. The number of benzene rings is 1. The highest BCUT2D eigenvalue weighted by Crippen LogP contribution is 2.23. The average molecular weight is 432 g/mol. The highest BCUT2D eigenvalue weighted by Gasteiger charge is 2.20. The molecule has 1 aromatic carbocycles. The topological polar surface area (TPSA) is 109 Å². The predicted molar refractivity (Wildman–Crippen MR) is 105 cm³/mol. The third-order valence-corrected chi connectivity index (χ3v) is 5.95. The Morgan fingerprint density at radius 2 is 1.86 bits per heavy atom. The lowest BCUT2D eigenvalue weighted by atomic mass is 10.1. The van der Waals surface area contributed by atoms with E-state index < -0.39 is 32.7 Å². The van der Waals surface area contributed by atoms with E-state index in [1.54, 1.807) is 13.3 Å². The van der Waals surface area contributed by atoms with Crippen LogP contribution >= 0.6 is 0 Å². The van der Waals surface area contributed by atoms with Gasteiger partial charge in [-0.05, 0) is 37.8 Å². The van der Waals surface area contributed by atoms with Crippen LogP contribution in [0.4, 0.5) is 14.5 Å². The molecule has 0 saturated carbocycles. The number of aromatic nitrogens is 3. The van der Waals surface area contributed by atoms with Crippen LogP contribution in [0.5, 0.6) is 0 Å². The Kier molecular flexibility index (Phi) is 8.05. The van der Waals surface area contributed by atoms with E-state index in [0.29, 0.717) is 13.0 Å². The molecule has 1 heterocycles. The molecule has 8 nitrogen and oxygen atoms in total. The molecular weight excluding hydrogens is 404 g/mol. The van der Waals surface area contributed by atoms with Gasteiger partial charge in [0.25, 0.3) is 0 Å². The fourth-order valence-electron chi connectivity index (χ4n) is 2.63. The van der Waals surface area contributed by atoms with Crippen LogP contribution in [0.15, 0.2) is 23.4 Å². The molecular formula is C18H27F2N5O3S. The van der Waals surface area contributed by atoms with Crippen molar-refractivity contribution < 1.29 is 22.3 Å². The second-order valence-electron chi connectivity index (χ2n) is 7.11. The SMILES string of the molecule is Cc1nncn1CCCNc1c(F)cc(S(=O)(=O)NCCC(O)C(C)C)cc1F. The summed E-state index contributed by atoms with van der Waals surface area (Å²) in [5, 5.41) is 20.0. The van der Waals surface area contributed by atoms with Crippen molar-refractivity contribution in [1.82, 2.24) is 19.5 Å². The summed E-state index contributed by atoms with van der Waals surface area (Å²) in [5.41, 5.74) is -0.375. The van der Waals surface area contributed by atoms with E-state index in [2.05, 4.69) is 20.2 Å². The molecule has 1 unspecified atom stereocenters. The Bertz CT molecular complexity index is 895. The third kappa shape index (κ3) is 6.44. The molecule has 2 rings (SSSR count). The van der Waals surface area contributed by atoms with Crippen LogP contribution in [0.1, 0.15) is 32.5 Å². The van der Waals surface area contributed by atoms with Crippen LogP contribution in [0, 0.1) is 24.5 Å². The van der Waals surface area contributed by atoms with Gasteiger partial charge < -0.3 is 15.0 Å². The summed E-state index contributed by atoms with van der Waals surface area (Å²) >= 11 is 0. The first-order chi connectivity index (χ1) is 13.6. The molecule has 1 atom stereocenters. The molecule has 0 aliphatic heterocycles. The van der Waals surface area contributed by atoms with Crippen molar-refractivity contribution in [2.24, 2.45) is 5.92 Å². The Labute approximate surface area is 169 Å². The van der Waals surface area contributed by atoms with Crippen molar-refractivity contribution in [3.63, 3.8) is 0 Å². The first-order valence-corrected chi connectivity index (χ1v) is 10.8. The van der Waals surface area contributed by atoms with Crippen LogP contribution in [-0.2, 0) is 16.6 Å². The van der Waals surface area contributed by atoms with Gasteiger partial charge in [-0.3, -0.25) is 0 Å². The zero-order chi connectivity index (χ0) is 21.6. The highest BCUT2D eigenvalue weighted by molar-refractivity contribution is 7.89. The molecule has 1 aromatic heterocycles. The van der Waals surface area contributed by atoms with Crippen LogP contribution < -0.4 is 10.0 Å². The van der Waals surface area contributed by atoms with Crippen molar-refractivity contribution in [1.29, 1.82) is 0 Å². The molecule has 0 aliphatic rings. The molecule has 0 fully saturated rings. The van der Waals surface area contributed by atoms with Gasteiger partial charge in [0.2, 0.25) is 10.0 Å². The number of rotatable bonds is 11. The number of halogens is 2. The van der Waals surface area contributed by atoms with Gasteiger partial charge >= 0.3 is 0 Å². The van der Waals surface area contributed by atoms with Crippen LogP contribution in [0.25, 0.3) is 0 Å². The molecule has 0 bridgehead atoms. The molecule has 162 valence electrons. The lowest BCUT2D eigenvalue weighted by molar-refractivity contribution is 0.118. The number of nitrogens with zero attached hydrogens (tertiary/aromatic N) is 3. The number of aliphatic hydroxyl groups excluding tert-OH is 1. The molecule has 29 heavy (non-hydrogen) atoms. The Morgan fingerprint density at radius 1 is 1.21 bits per heavy atom. The lowest BCUT2D eigenvalue weighted by Gasteiger charge is -2.15. The number of aliphatic hydroxyl groups is 1. The van der Waals surface area contributed by atoms with Crippen molar-refractivity contribution in [3.05, 3.63) is 35.9 Å². The largest absolute Gasteiger partial charge is 0.393 e. The maximum absolute atomic E-state index is 14.3. The minimum absolute atomic E-state index is 0.0197. The van der Waals surface area contributed by atoms with E-state index in [4.69, 9.17) is 0 Å². The van der Waals surface area contributed by atoms with E-state index in [-0.39, 0.29) is 31.1 Å². The maximum Gasteiger partial charge on any atom is 0.240 e. The van der Waals surface area contributed by atoms with Crippen LogP contribution in [0.2, 0.25) is 0 Å². The lowest BCUT2D eigenvalue weighted by Crippen LogP contribution is -2.29. The number of anilines is 1. The second-order valence-corrected chi connectivity index (χ2v) is 8.88. The number of hydrogen-bond donors (Lipinski definition) is 3. The van der Waals surface area contributed by atoms with E-state index in [1.807, 2.05) is 18.4 Å². The molecule has 0 radical (unpaired) electrons. The monoisotopic (exact) mass is 431 g/mol. The zero-order valence-corrected chi connectivity index (χ0v) is 17.5. The fourth-order valence-corrected chi connectivity index (χ4v) is 3.70. The predicted octanol–water partition coefficient (Wildman–Crippen LogP) is 2.05. The summed E-state index contributed by atoms with van der Waals surface area (Å²) in [7, 11) is -4.09. The Morgan fingerprint density at radius 3 is 2.41 bits per heavy atom. The van der Waals surface area contributed by atoms with E-state index in [0.717, 1.165) is 18.0 Å². The molecule has 0 aliphatic carbocycles. The summed E-state index contributed by atoms with van der Waals surface area (Å²) in [6.07, 6.45) is 1.67. The van der Waals surface area contributed by atoms with Gasteiger partial charge in [0.1, 0.15) is 17.8 Å². The molecule has 2 aromatic rings. The van der Waals surface area contributed by atoms with Crippen molar-refractivity contribution in [2.45, 2.75) is 51.2 Å². The molecule has 0 spiro atoms. The molecule has 0 amide bonds. The van der Waals surface area contributed by atoms with Gasteiger partial charge in [0, 0.05) is 19.6 Å². The molecule has 0 saturated heterocycles.